The highest BCUT2D eigenvalue weighted by atomic mass is 16.5. The molecule has 2 aliphatic rings. The summed E-state index contributed by atoms with van der Waals surface area (Å²) in [5.74, 6) is 0.961. The maximum Gasteiger partial charge on any atom is 0.127 e. The third-order valence-corrected chi connectivity index (χ3v) is 10.0. The van der Waals surface area contributed by atoms with Gasteiger partial charge in [-0.05, 0) is 105 Å². The van der Waals surface area contributed by atoms with Gasteiger partial charge >= 0.3 is 0 Å². The lowest BCUT2D eigenvalue weighted by atomic mass is 9.86. The fraction of sp³-hybridized carbons (Fsp3) is 0.333. The van der Waals surface area contributed by atoms with Gasteiger partial charge in [-0.1, -0.05) is 124 Å². The van der Waals surface area contributed by atoms with Crippen LogP contribution in [0.1, 0.15) is 81.9 Å². The Hall–Kier alpha value is -4.14. The van der Waals surface area contributed by atoms with E-state index >= 15 is 0 Å². The summed E-state index contributed by atoms with van der Waals surface area (Å²) < 4.78 is 13.1. The number of unbranched alkanes of at least 4 members (excludes halogenated alkanes) is 4. The Kier molecular flexibility index (Phi) is 9.87. The fourth-order valence-corrected chi connectivity index (χ4v) is 7.37. The standard InChI is InChI=1S/C45H48O2/c1-3-5-7-10-32-12-16-34(17-13-32)36-20-24-40-38(30-36)22-26-42-44(40)45-41-25-21-37(35-18-14-33(15-19-35)11-8-6-4-2)31-39(41)23-27-43(45)47-29-9-28-46-42/h12-26,30-31,43H,3-11,27-29H2,1-2H3/t43-/m0/s1. The Morgan fingerprint density at radius 2 is 1.26 bits per heavy atom. The van der Waals surface area contributed by atoms with Crippen molar-refractivity contribution >= 4 is 22.4 Å². The molecule has 1 atom stereocenters. The second-order valence-corrected chi connectivity index (χ2v) is 13.4. The Labute approximate surface area is 280 Å². The molecule has 0 saturated heterocycles. The molecule has 0 fully saturated rings. The number of rotatable bonds is 10. The number of ether oxygens (including phenoxy) is 2. The molecular weight excluding hydrogens is 572 g/mol. The largest absolute Gasteiger partial charge is 0.493 e. The van der Waals surface area contributed by atoms with Crippen LogP contribution in [0.4, 0.5) is 0 Å². The molecule has 0 amide bonds. The second-order valence-electron chi connectivity index (χ2n) is 13.4. The molecule has 0 N–H and O–H groups in total. The molecule has 240 valence electrons. The summed E-state index contributed by atoms with van der Waals surface area (Å²) in [4.78, 5) is 0. The SMILES string of the molecule is CCCCCc1ccc(-c2ccc3c(c2)=CC[C@@H]2OCCCOc4ccc5cc(-c6ccc(CCCCC)cc6)ccc5c4C=32)cc1. The molecule has 1 aliphatic heterocycles. The Balaban J connectivity index is 1.28. The highest BCUT2D eigenvalue weighted by molar-refractivity contribution is 5.99. The van der Waals surface area contributed by atoms with Gasteiger partial charge in [0.05, 0.1) is 19.3 Å². The average molecular weight is 621 g/mol. The van der Waals surface area contributed by atoms with Crippen molar-refractivity contribution in [3.05, 3.63) is 124 Å². The van der Waals surface area contributed by atoms with Gasteiger partial charge in [-0.2, -0.15) is 0 Å². The summed E-state index contributed by atoms with van der Waals surface area (Å²) in [6.07, 6.45) is 14.1. The van der Waals surface area contributed by atoms with E-state index in [9.17, 15) is 0 Å². The fourth-order valence-electron chi connectivity index (χ4n) is 7.37. The maximum atomic E-state index is 6.59. The third kappa shape index (κ3) is 6.94. The Bertz CT molecular complexity index is 1950. The van der Waals surface area contributed by atoms with Crippen molar-refractivity contribution in [2.45, 2.75) is 84.2 Å². The van der Waals surface area contributed by atoms with Crippen LogP contribution in [0, 0.1) is 0 Å². The van der Waals surface area contributed by atoms with Crippen LogP contribution in [0.3, 0.4) is 0 Å². The number of fused-ring (bicyclic) bond motifs is 6. The lowest BCUT2D eigenvalue weighted by molar-refractivity contribution is 0.0869. The quantitative estimate of drug-likeness (QED) is 0.145. The van der Waals surface area contributed by atoms with Crippen LogP contribution in [-0.4, -0.2) is 19.3 Å². The van der Waals surface area contributed by atoms with Crippen LogP contribution >= 0.6 is 0 Å². The van der Waals surface area contributed by atoms with Crippen molar-refractivity contribution in [3.8, 4) is 28.0 Å². The van der Waals surface area contributed by atoms with Gasteiger partial charge in [-0.15, -0.1) is 0 Å². The topological polar surface area (TPSA) is 18.5 Å². The average Bonchev–Trinajstić information content (AvgIpc) is 3.21. The zero-order chi connectivity index (χ0) is 32.0. The zero-order valence-corrected chi connectivity index (χ0v) is 28.2. The molecule has 0 unspecified atom stereocenters. The molecule has 0 bridgehead atoms. The number of hydrogen-bond acceptors (Lipinski definition) is 2. The van der Waals surface area contributed by atoms with Gasteiger partial charge in [0.2, 0.25) is 0 Å². The first-order valence-electron chi connectivity index (χ1n) is 18.1. The van der Waals surface area contributed by atoms with Gasteiger partial charge in [-0.3, -0.25) is 0 Å². The molecule has 0 aromatic heterocycles. The van der Waals surface area contributed by atoms with E-state index in [4.69, 9.17) is 9.47 Å². The van der Waals surface area contributed by atoms with Crippen molar-refractivity contribution in [2.24, 2.45) is 0 Å². The summed E-state index contributed by atoms with van der Waals surface area (Å²) in [6, 6.07) is 36.7. The van der Waals surface area contributed by atoms with E-state index < -0.39 is 0 Å². The van der Waals surface area contributed by atoms with Crippen LogP contribution < -0.4 is 15.2 Å². The van der Waals surface area contributed by atoms with Gasteiger partial charge in [0, 0.05) is 17.6 Å². The summed E-state index contributed by atoms with van der Waals surface area (Å²) in [6.45, 7) is 5.88. The van der Waals surface area contributed by atoms with E-state index in [0.717, 1.165) is 31.4 Å². The van der Waals surface area contributed by atoms with Gasteiger partial charge in [0.15, 0.2) is 0 Å². The molecule has 47 heavy (non-hydrogen) atoms. The number of aryl methyl sites for hydroxylation is 2. The van der Waals surface area contributed by atoms with Gasteiger partial charge in [-0.25, -0.2) is 0 Å². The minimum absolute atomic E-state index is 0.00160. The van der Waals surface area contributed by atoms with E-state index in [1.165, 1.54) is 104 Å². The Morgan fingerprint density at radius 3 is 1.94 bits per heavy atom. The van der Waals surface area contributed by atoms with Crippen molar-refractivity contribution in [1.29, 1.82) is 0 Å². The number of hydrogen-bond donors (Lipinski definition) is 0. The molecule has 2 heteroatoms. The van der Waals surface area contributed by atoms with Crippen LogP contribution in [0.2, 0.25) is 0 Å². The lowest BCUT2D eigenvalue weighted by Crippen LogP contribution is -2.36. The molecule has 5 aromatic carbocycles. The smallest absolute Gasteiger partial charge is 0.127 e. The van der Waals surface area contributed by atoms with Gasteiger partial charge in [0.1, 0.15) is 5.75 Å². The summed E-state index contributed by atoms with van der Waals surface area (Å²) in [5.41, 5.74) is 10.3. The summed E-state index contributed by atoms with van der Waals surface area (Å²) in [7, 11) is 0. The monoisotopic (exact) mass is 620 g/mol. The summed E-state index contributed by atoms with van der Waals surface area (Å²) in [5, 5.41) is 4.99. The molecule has 1 aliphatic carbocycles. The predicted molar refractivity (Wildman–Crippen MR) is 198 cm³/mol. The normalized spacial score (nSPS) is 15.8. The van der Waals surface area contributed by atoms with Crippen molar-refractivity contribution in [2.75, 3.05) is 13.2 Å². The summed E-state index contributed by atoms with van der Waals surface area (Å²) >= 11 is 0. The minimum atomic E-state index is 0.00160. The van der Waals surface area contributed by atoms with Crippen LogP contribution in [0.5, 0.6) is 5.75 Å². The van der Waals surface area contributed by atoms with Crippen molar-refractivity contribution < 1.29 is 9.47 Å². The first kappa shape index (κ1) is 31.5. The first-order chi connectivity index (χ1) is 23.2. The highest BCUT2D eigenvalue weighted by Crippen LogP contribution is 2.39. The van der Waals surface area contributed by atoms with Gasteiger partial charge < -0.3 is 9.47 Å². The molecule has 0 radical (unpaired) electrons. The van der Waals surface area contributed by atoms with E-state index in [0.29, 0.717) is 13.2 Å². The van der Waals surface area contributed by atoms with Crippen molar-refractivity contribution in [1.82, 2.24) is 0 Å². The zero-order valence-electron chi connectivity index (χ0n) is 28.2. The third-order valence-electron chi connectivity index (χ3n) is 10.0. The minimum Gasteiger partial charge on any atom is -0.493 e. The molecule has 5 aromatic rings. The molecular formula is C45H48O2. The maximum absolute atomic E-state index is 6.59. The predicted octanol–water partition coefficient (Wildman–Crippen LogP) is 10.2. The van der Waals surface area contributed by atoms with E-state index in [1.54, 1.807) is 0 Å². The van der Waals surface area contributed by atoms with E-state index in [-0.39, 0.29) is 6.10 Å². The number of benzene rings is 5. The Morgan fingerprint density at radius 1 is 0.617 bits per heavy atom. The first-order valence-corrected chi connectivity index (χ1v) is 18.1. The van der Waals surface area contributed by atoms with Crippen molar-refractivity contribution in [3.63, 3.8) is 0 Å². The second kappa shape index (κ2) is 14.7. The molecule has 7 rings (SSSR count). The van der Waals surface area contributed by atoms with Crippen LogP contribution in [0.25, 0.3) is 44.7 Å². The highest BCUT2D eigenvalue weighted by Gasteiger charge is 2.26. The molecule has 0 spiro atoms. The van der Waals surface area contributed by atoms with E-state index in [1.807, 2.05) is 0 Å². The van der Waals surface area contributed by atoms with Gasteiger partial charge in [0.25, 0.3) is 0 Å². The molecule has 2 nitrogen and oxygen atoms in total. The molecule has 0 saturated carbocycles. The van der Waals surface area contributed by atoms with Crippen LogP contribution in [-0.2, 0) is 17.6 Å². The molecule has 1 heterocycles. The van der Waals surface area contributed by atoms with Crippen LogP contribution in [0.15, 0.2) is 97.1 Å². The lowest BCUT2D eigenvalue weighted by Gasteiger charge is -2.25. The van der Waals surface area contributed by atoms with E-state index in [2.05, 4.69) is 117 Å².